The summed E-state index contributed by atoms with van der Waals surface area (Å²) in [7, 11) is 0. The molecule has 0 saturated carbocycles. The predicted octanol–water partition coefficient (Wildman–Crippen LogP) is 4.37. The maximum absolute atomic E-state index is 12.5. The zero-order valence-electron chi connectivity index (χ0n) is 11.1. The Labute approximate surface area is 127 Å². The number of amides is 1. The summed E-state index contributed by atoms with van der Waals surface area (Å²) in [5, 5.41) is 9.47. The molecule has 1 amide bonds. The molecule has 0 saturated heterocycles. The Bertz CT molecular complexity index is 537. The smallest absolute Gasteiger partial charge is 0.224 e. The largest absolute Gasteiger partial charge is 0.344 e. The van der Waals surface area contributed by atoms with Gasteiger partial charge in [0, 0.05) is 10.8 Å². The van der Waals surface area contributed by atoms with E-state index in [4.69, 9.17) is 0 Å². The van der Waals surface area contributed by atoms with Gasteiger partial charge in [-0.3, -0.25) is 4.79 Å². The lowest BCUT2D eigenvalue weighted by atomic mass is 9.93. The average molecular weight is 303 g/mol. The van der Waals surface area contributed by atoms with Crippen LogP contribution in [0.15, 0.2) is 46.5 Å². The molecule has 4 heteroatoms. The van der Waals surface area contributed by atoms with E-state index in [1.807, 2.05) is 6.07 Å². The van der Waals surface area contributed by atoms with Crippen LogP contribution in [0.1, 0.15) is 35.7 Å². The van der Waals surface area contributed by atoms with E-state index in [-0.39, 0.29) is 17.9 Å². The van der Waals surface area contributed by atoms with Gasteiger partial charge in [0.25, 0.3) is 0 Å². The fourth-order valence-corrected chi connectivity index (χ4v) is 3.99. The van der Waals surface area contributed by atoms with Crippen molar-refractivity contribution >= 4 is 28.6 Å². The lowest BCUT2D eigenvalue weighted by molar-refractivity contribution is -0.125. The Morgan fingerprint density at radius 2 is 2.25 bits per heavy atom. The fraction of sp³-hybridized carbons (Fsp3) is 0.312. The van der Waals surface area contributed by atoms with Gasteiger partial charge in [-0.1, -0.05) is 18.2 Å². The Balaban J connectivity index is 1.77. The summed E-state index contributed by atoms with van der Waals surface area (Å²) in [6.07, 6.45) is 7.13. The highest BCUT2D eigenvalue weighted by Crippen LogP contribution is 2.29. The molecule has 1 N–H and O–H groups in total. The SMILES string of the molecule is O=C(N[C@@H](c1ccsc1)c1cccs1)[C@@H]1CC=CCC1. The van der Waals surface area contributed by atoms with E-state index in [0.29, 0.717) is 0 Å². The number of rotatable bonds is 4. The van der Waals surface area contributed by atoms with E-state index in [1.54, 1.807) is 22.7 Å². The van der Waals surface area contributed by atoms with Crippen molar-refractivity contribution in [2.45, 2.75) is 25.3 Å². The number of carbonyl (C=O) groups excluding carboxylic acids is 1. The van der Waals surface area contributed by atoms with Crippen LogP contribution in [-0.4, -0.2) is 5.91 Å². The summed E-state index contributed by atoms with van der Waals surface area (Å²) >= 11 is 3.36. The van der Waals surface area contributed by atoms with Crippen molar-refractivity contribution in [2.24, 2.45) is 5.92 Å². The van der Waals surface area contributed by atoms with Crippen LogP contribution in [-0.2, 0) is 4.79 Å². The van der Waals surface area contributed by atoms with Crippen molar-refractivity contribution in [3.63, 3.8) is 0 Å². The van der Waals surface area contributed by atoms with Gasteiger partial charge >= 0.3 is 0 Å². The van der Waals surface area contributed by atoms with Crippen LogP contribution in [0.5, 0.6) is 0 Å². The van der Waals surface area contributed by atoms with Gasteiger partial charge in [-0.2, -0.15) is 11.3 Å². The summed E-state index contributed by atoms with van der Waals surface area (Å²) in [5.41, 5.74) is 1.18. The molecule has 0 unspecified atom stereocenters. The van der Waals surface area contributed by atoms with Crippen molar-refractivity contribution in [3.05, 3.63) is 56.9 Å². The third-order valence-corrected chi connectivity index (χ3v) is 5.27. The van der Waals surface area contributed by atoms with E-state index in [2.05, 4.69) is 45.7 Å². The molecule has 0 bridgehead atoms. The zero-order chi connectivity index (χ0) is 13.8. The van der Waals surface area contributed by atoms with Gasteiger partial charge < -0.3 is 5.32 Å². The predicted molar refractivity (Wildman–Crippen MR) is 85.1 cm³/mol. The molecule has 20 heavy (non-hydrogen) atoms. The molecule has 2 atom stereocenters. The first-order chi connectivity index (χ1) is 9.84. The van der Waals surface area contributed by atoms with Crippen molar-refractivity contribution in [1.82, 2.24) is 5.32 Å². The van der Waals surface area contributed by atoms with Crippen molar-refractivity contribution < 1.29 is 4.79 Å². The van der Waals surface area contributed by atoms with E-state index in [1.165, 1.54) is 10.4 Å². The molecule has 2 aromatic rings. The van der Waals surface area contributed by atoms with E-state index >= 15 is 0 Å². The first kappa shape index (κ1) is 13.6. The highest BCUT2D eigenvalue weighted by atomic mass is 32.1. The molecule has 1 aliphatic rings. The molecule has 2 heterocycles. The Morgan fingerprint density at radius 1 is 1.30 bits per heavy atom. The van der Waals surface area contributed by atoms with Gasteiger partial charge in [-0.15, -0.1) is 11.3 Å². The van der Waals surface area contributed by atoms with Crippen LogP contribution < -0.4 is 5.32 Å². The Hall–Kier alpha value is -1.39. The normalized spacial score (nSPS) is 19.7. The number of thiophene rings is 2. The summed E-state index contributed by atoms with van der Waals surface area (Å²) in [5.74, 6) is 0.306. The molecule has 1 aliphatic carbocycles. The minimum absolute atomic E-state index is 0.000318. The number of hydrogen-bond donors (Lipinski definition) is 1. The number of allylic oxidation sites excluding steroid dienone is 2. The molecule has 0 radical (unpaired) electrons. The van der Waals surface area contributed by atoms with E-state index < -0.39 is 0 Å². The molecular formula is C16H17NOS2. The van der Waals surface area contributed by atoms with Crippen LogP contribution in [0.2, 0.25) is 0 Å². The van der Waals surface area contributed by atoms with Crippen LogP contribution in [0.25, 0.3) is 0 Å². The monoisotopic (exact) mass is 303 g/mol. The second-order valence-corrected chi connectivity index (χ2v) is 6.75. The first-order valence-electron chi connectivity index (χ1n) is 6.85. The topological polar surface area (TPSA) is 29.1 Å². The molecule has 0 fully saturated rings. The van der Waals surface area contributed by atoms with Gasteiger partial charge in [-0.05, 0) is 53.1 Å². The van der Waals surface area contributed by atoms with Crippen molar-refractivity contribution in [3.8, 4) is 0 Å². The summed E-state index contributed by atoms with van der Waals surface area (Å²) < 4.78 is 0. The summed E-state index contributed by atoms with van der Waals surface area (Å²) in [6.45, 7) is 0. The number of carbonyl (C=O) groups is 1. The molecule has 2 nitrogen and oxygen atoms in total. The Kier molecular flexibility index (Phi) is 4.33. The van der Waals surface area contributed by atoms with Crippen LogP contribution in [0.3, 0.4) is 0 Å². The maximum Gasteiger partial charge on any atom is 0.224 e. The maximum atomic E-state index is 12.5. The molecular weight excluding hydrogens is 286 g/mol. The van der Waals surface area contributed by atoms with Gasteiger partial charge in [-0.25, -0.2) is 0 Å². The standard InChI is InChI=1S/C16H17NOS2/c18-16(12-5-2-1-3-6-12)17-15(13-8-10-19-11-13)14-7-4-9-20-14/h1-2,4,7-12,15H,3,5-6H2,(H,17,18)/t12-,15+/m1/s1. The minimum atomic E-state index is -0.000318. The fourth-order valence-electron chi connectivity index (χ4n) is 2.51. The molecule has 0 spiro atoms. The lowest BCUT2D eigenvalue weighted by Gasteiger charge is -2.22. The Morgan fingerprint density at radius 3 is 2.90 bits per heavy atom. The van der Waals surface area contributed by atoms with Gasteiger partial charge in [0.2, 0.25) is 5.91 Å². The number of hydrogen-bond acceptors (Lipinski definition) is 3. The first-order valence-corrected chi connectivity index (χ1v) is 8.67. The quantitative estimate of drug-likeness (QED) is 0.835. The van der Waals surface area contributed by atoms with Crippen LogP contribution >= 0.6 is 22.7 Å². The van der Waals surface area contributed by atoms with E-state index in [0.717, 1.165) is 19.3 Å². The molecule has 3 rings (SSSR count). The second-order valence-electron chi connectivity index (χ2n) is 5.00. The second kappa shape index (κ2) is 6.37. The molecule has 0 aromatic carbocycles. The van der Waals surface area contributed by atoms with Crippen LogP contribution in [0, 0.1) is 5.92 Å². The van der Waals surface area contributed by atoms with Crippen molar-refractivity contribution in [2.75, 3.05) is 0 Å². The molecule has 2 aromatic heterocycles. The average Bonchev–Trinajstić information content (AvgIpc) is 3.19. The highest BCUT2D eigenvalue weighted by Gasteiger charge is 2.24. The number of nitrogens with one attached hydrogen (secondary N) is 1. The van der Waals surface area contributed by atoms with Gasteiger partial charge in [0.1, 0.15) is 0 Å². The molecule has 0 aliphatic heterocycles. The third kappa shape index (κ3) is 3.02. The summed E-state index contributed by atoms with van der Waals surface area (Å²) in [4.78, 5) is 13.7. The van der Waals surface area contributed by atoms with Crippen LogP contribution in [0.4, 0.5) is 0 Å². The zero-order valence-corrected chi connectivity index (χ0v) is 12.8. The molecule has 104 valence electrons. The minimum Gasteiger partial charge on any atom is -0.344 e. The summed E-state index contributed by atoms with van der Waals surface area (Å²) in [6, 6.07) is 6.22. The third-order valence-electron chi connectivity index (χ3n) is 3.63. The van der Waals surface area contributed by atoms with Gasteiger partial charge in [0.05, 0.1) is 6.04 Å². The lowest BCUT2D eigenvalue weighted by Crippen LogP contribution is -2.34. The van der Waals surface area contributed by atoms with Gasteiger partial charge in [0.15, 0.2) is 0 Å². The van der Waals surface area contributed by atoms with E-state index in [9.17, 15) is 4.79 Å². The van der Waals surface area contributed by atoms with Crippen molar-refractivity contribution in [1.29, 1.82) is 0 Å². The highest BCUT2D eigenvalue weighted by molar-refractivity contribution is 7.10.